The Balaban J connectivity index is 2.81. The first-order valence-electron chi connectivity index (χ1n) is 3.41. The molecule has 0 aromatic rings. The van der Waals surface area contributed by atoms with E-state index in [0.29, 0.717) is 16.8 Å². The van der Waals surface area contributed by atoms with E-state index < -0.39 is 5.97 Å². The molecule has 68 valence electrons. The van der Waals surface area contributed by atoms with Gasteiger partial charge in [0.1, 0.15) is 10.2 Å². The SMILES string of the molecule is COC(=O)/C(Br)=C1\OCCC1Br. The lowest BCUT2D eigenvalue weighted by molar-refractivity contribution is -0.135. The lowest BCUT2D eigenvalue weighted by atomic mass is 10.3. The van der Waals surface area contributed by atoms with Crippen molar-refractivity contribution in [3.63, 3.8) is 0 Å². The number of ether oxygens (including phenoxy) is 2. The third-order valence-electron chi connectivity index (χ3n) is 1.49. The first-order valence-corrected chi connectivity index (χ1v) is 5.12. The Hall–Kier alpha value is -0.0300. The molecule has 0 radical (unpaired) electrons. The van der Waals surface area contributed by atoms with Crippen LogP contribution in [-0.2, 0) is 14.3 Å². The van der Waals surface area contributed by atoms with E-state index in [0.717, 1.165) is 6.42 Å². The van der Waals surface area contributed by atoms with Crippen molar-refractivity contribution < 1.29 is 14.3 Å². The highest BCUT2D eigenvalue weighted by atomic mass is 79.9. The molecule has 1 fully saturated rings. The van der Waals surface area contributed by atoms with Crippen molar-refractivity contribution in [2.45, 2.75) is 11.2 Å². The van der Waals surface area contributed by atoms with Gasteiger partial charge in [0.15, 0.2) is 0 Å². The highest BCUT2D eigenvalue weighted by molar-refractivity contribution is 9.12. The number of allylic oxidation sites excluding steroid dienone is 1. The van der Waals surface area contributed by atoms with Gasteiger partial charge < -0.3 is 9.47 Å². The number of carbonyl (C=O) groups is 1. The number of hydrogen-bond acceptors (Lipinski definition) is 3. The maximum absolute atomic E-state index is 11.0. The lowest BCUT2D eigenvalue weighted by Crippen LogP contribution is -2.06. The Morgan fingerprint density at radius 2 is 2.42 bits per heavy atom. The molecule has 3 nitrogen and oxygen atoms in total. The van der Waals surface area contributed by atoms with Crippen LogP contribution in [-0.4, -0.2) is 24.5 Å². The van der Waals surface area contributed by atoms with Crippen molar-refractivity contribution in [1.29, 1.82) is 0 Å². The summed E-state index contributed by atoms with van der Waals surface area (Å²) in [6, 6.07) is 0. The van der Waals surface area contributed by atoms with Crippen molar-refractivity contribution in [2.75, 3.05) is 13.7 Å². The summed E-state index contributed by atoms with van der Waals surface area (Å²) in [5.74, 6) is 0.221. The second-order valence-electron chi connectivity index (χ2n) is 2.27. The quantitative estimate of drug-likeness (QED) is 0.422. The van der Waals surface area contributed by atoms with Crippen LogP contribution in [0.4, 0.5) is 0 Å². The van der Waals surface area contributed by atoms with Crippen LogP contribution in [0, 0.1) is 0 Å². The van der Waals surface area contributed by atoms with Gasteiger partial charge in [-0.05, 0) is 15.9 Å². The van der Waals surface area contributed by atoms with Gasteiger partial charge in [0, 0.05) is 6.42 Å². The van der Waals surface area contributed by atoms with E-state index in [4.69, 9.17) is 4.74 Å². The number of methoxy groups -OCH3 is 1. The summed E-state index contributed by atoms with van der Waals surface area (Å²) in [6.07, 6.45) is 0.876. The van der Waals surface area contributed by atoms with Crippen LogP contribution < -0.4 is 0 Å². The molecule has 1 saturated heterocycles. The van der Waals surface area contributed by atoms with Crippen LogP contribution in [0.2, 0.25) is 0 Å². The molecule has 0 N–H and O–H groups in total. The fourth-order valence-electron chi connectivity index (χ4n) is 0.885. The summed E-state index contributed by atoms with van der Waals surface area (Å²) >= 11 is 6.50. The van der Waals surface area contributed by atoms with Gasteiger partial charge in [-0.1, -0.05) is 15.9 Å². The van der Waals surface area contributed by atoms with Crippen molar-refractivity contribution in [2.24, 2.45) is 0 Å². The second kappa shape index (κ2) is 4.28. The Kier molecular flexibility index (Phi) is 3.58. The molecule has 12 heavy (non-hydrogen) atoms. The molecule has 0 amide bonds. The number of hydrogen-bond donors (Lipinski definition) is 0. The van der Waals surface area contributed by atoms with Gasteiger partial charge >= 0.3 is 5.97 Å². The molecule has 0 spiro atoms. The third kappa shape index (κ3) is 2.01. The van der Waals surface area contributed by atoms with Crippen LogP contribution in [0.5, 0.6) is 0 Å². The van der Waals surface area contributed by atoms with Gasteiger partial charge in [-0.2, -0.15) is 0 Å². The highest BCUT2D eigenvalue weighted by Gasteiger charge is 2.26. The molecular formula is C7H8Br2O3. The van der Waals surface area contributed by atoms with Crippen molar-refractivity contribution in [3.05, 3.63) is 10.2 Å². The molecule has 0 aromatic heterocycles. The number of carbonyl (C=O) groups excluding carboxylic acids is 1. The Morgan fingerprint density at radius 1 is 1.75 bits per heavy atom. The molecule has 1 aliphatic heterocycles. The fraction of sp³-hybridized carbons (Fsp3) is 0.571. The number of rotatable bonds is 1. The zero-order chi connectivity index (χ0) is 9.14. The monoisotopic (exact) mass is 298 g/mol. The Labute approximate surface area is 87.4 Å². The normalized spacial score (nSPS) is 26.4. The van der Waals surface area contributed by atoms with E-state index in [9.17, 15) is 4.79 Å². The standard InChI is InChI=1S/C7H8Br2O3/c1-11-7(10)5(9)6-4(8)2-3-12-6/h4H,2-3H2,1H3/b6-5+. The maximum atomic E-state index is 11.0. The summed E-state index contributed by atoms with van der Waals surface area (Å²) < 4.78 is 10.1. The average Bonchev–Trinajstić information content (AvgIpc) is 2.48. The average molecular weight is 300 g/mol. The first-order chi connectivity index (χ1) is 5.66. The van der Waals surface area contributed by atoms with Crippen LogP contribution in [0.15, 0.2) is 10.2 Å². The maximum Gasteiger partial charge on any atom is 0.348 e. The smallest absolute Gasteiger partial charge is 0.348 e. The molecule has 0 saturated carbocycles. The molecule has 1 rings (SSSR count). The molecule has 1 heterocycles. The van der Waals surface area contributed by atoms with Gasteiger partial charge in [0.25, 0.3) is 0 Å². The van der Waals surface area contributed by atoms with Crippen molar-refractivity contribution in [1.82, 2.24) is 0 Å². The Morgan fingerprint density at radius 3 is 2.83 bits per heavy atom. The van der Waals surface area contributed by atoms with Gasteiger partial charge in [-0.3, -0.25) is 0 Å². The van der Waals surface area contributed by atoms with Crippen LogP contribution >= 0.6 is 31.9 Å². The molecule has 1 unspecified atom stereocenters. The molecule has 0 aromatic carbocycles. The fourth-order valence-corrected chi connectivity index (χ4v) is 2.29. The van der Waals surface area contributed by atoms with Crippen LogP contribution in [0.3, 0.4) is 0 Å². The summed E-state index contributed by atoms with van der Waals surface area (Å²) in [4.78, 5) is 11.1. The van der Waals surface area contributed by atoms with Crippen molar-refractivity contribution >= 4 is 37.8 Å². The minimum absolute atomic E-state index is 0.117. The molecule has 1 aliphatic rings. The molecule has 1 atom stereocenters. The van der Waals surface area contributed by atoms with Gasteiger partial charge in [0.05, 0.1) is 18.5 Å². The number of esters is 1. The van der Waals surface area contributed by atoms with E-state index >= 15 is 0 Å². The third-order valence-corrected chi connectivity index (χ3v) is 3.08. The van der Waals surface area contributed by atoms with E-state index in [2.05, 4.69) is 36.6 Å². The minimum Gasteiger partial charge on any atom is -0.495 e. The van der Waals surface area contributed by atoms with Crippen LogP contribution in [0.25, 0.3) is 0 Å². The van der Waals surface area contributed by atoms with E-state index in [1.165, 1.54) is 7.11 Å². The summed E-state index contributed by atoms with van der Waals surface area (Å²) in [7, 11) is 1.34. The lowest BCUT2D eigenvalue weighted by Gasteiger charge is -2.04. The predicted molar refractivity (Wildman–Crippen MR) is 51.3 cm³/mol. The van der Waals surface area contributed by atoms with Crippen molar-refractivity contribution in [3.8, 4) is 0 Å². The molecule has 0 bridgehead atoms. The first kappa shape index (κ1) is 10.1. The van der Waals surface area contributed by atoms with E-state index in [1.807, 2.05) is 0 Å². The molecular weight excluding hydrogens is 292 g/mol. The predicted octanol–water partition coefficient (Wildman–Crippen LogP) is 1.95. The largest absolute Gasteiger partial charge is 0.495 e. The second-order valence-corrected chi connectivity index (χ2v) is 4.17. The number of halogens is 2. The topological polar surface area (TPSA) is 35.5 Å². The number of alkyl halides is 1. The summed E-state index contributed by atoms with van der Waals surface area (Å²) in [5, 5.41) is 0. The van der Waals surface area contributed by atoms with Gasteiger partial charge in [0.2, 0.25) is 0 Å². The summed E-state index contributed by atoms with van der Waals surface area (Å²) in [6.45, 7) is 0.636. The zero-order valence-electron chi connectivity index (χ0n) is 6.47. The van der Waals surface area contributed by atoms with Gasteiger partial charge in [-0.25, -0.2) is 4.79 Å². The van der Waals surface area contributed by atoms with Gasteiger partial charge in [-0.15, -0.1) is 0 Å². The van der Waals surface area contributed by atoms with E-state index in [-0.39, 0.29) is 4.83 Å². The minimum atomic E-state index is -0.406. The Bertz CT molecular complexity index is 225. The zero-order valence-corrected chi connectivity index (χ0v) is 9.64. The summed E-state index contributed by atoms with van der Waals surface area (Å²) in [5.41, 5.74) is 0. The molecule has 5 heteroatoms. The highest BCUT2D eigenvalue weighted by Crippen LogP contribution is 2.30. The molecule has 0 aliphatic carbocycles. The van der Waals surface area contributed by atoms with Crippen LogP contribution in [0.1, 0.15) is 6.42 Å². The van der Waals surface area contributed by atoms with E-state index in [1.54, 1.807) is 0 Å².